The van der Waals surface area contributed by atoms with Gasteiger partial charge in [-0.15, -0.1) is 0 Å². The van der Waals surface area contributed by atoms with Crippen molar-refractivity contribution in [1.29, 1.82) is 5.26 Å². The predicted octanol–water partition coefficient (Wildman–Crippen LogP) is 4.02. The lowest BCUT2D eigenvalue weighted by atomic mass is 10.1. The number of halogens is 2. The normalized spacial score (nSPS) is 11.6. The summed E-state index contributed by atoms with van der Waals surface area (Å²) in [6, 6.07) is 10.5. The molecule has 1 unspecified atom stereocenters. The lowest BCUT2D eigenvalue weighted by molar-refractivity contribution is 0.416. The number of nitrogens with one attached hydrogen (secondary N) is 1. The Balaban J connectivity index is 2.38. The first-order valence-electron chi connectivity index (χ1n) is 6.36. The van der Waals surface area contributed by atoms with E-state index in [2.05, 4.69) is 5.32 Å². The van der Waals surface area contributed by atoms with E-state index in [1.54, 1.807) is 25.1 Å². The van der Waals surface area contributed by atoms with Crippen LogP contribution in [0.4, 0.5) is 14.5 Å². The average molecular weight is 288 g/mol. The number of anilines is 1. The molecule has 5 heteroatoms. The van der Waals surface area contributed by atoms with E-state index in [0.29, 0.717) is 17.0 Å². The maximum absolute atomic E-state index is 13.8. The molecule has 108 valence electrons. The van der Waals surface area contributed by atoms with Crippen molar-refractivity contribution in [1.82, 2.24) is 0 Å². The molecule has 3 nitrogen and oxygen atoms in total. The van der Waals surface area contributed by atoms with Crippen molar-refractivity contribution in [3.8, 4) is 11.8 Å². The zero-order chi connectivity index (χ0) is 15.4. The van der Waals surface area contributed by atoms with E-state index in [9.17, 15) is 8.78 Å². The lowest BCUT2D eigenvalue weighted by Crippen LogP contribution is -2.11. The monoisotopic (exact) mass is 288 g/mol. The highest BCUT2D eigenvalue weighted by atomic mass is 19.2. The van der Waals surface area contributed by atoms with Crippen molar-refractivity contribution in [2.75, 3.05) is 12.4 Å². The summed E-state index contributed by atoms with van der Waals surface area (Å²) in [5.74, 6) is -1.33. The van der Waals surface area contributed by atoms with E-state index >= 15 is 0 Å². The van der Waals surface area contributed by atoms with Crippen LogP contribution in [0.15, 0.2) is 36.4 Å². The number of hydrogen-bond acceptors (Lipinski definition) is 3. The van der Waals surface area contributed by atoms with Gasteiger partial charge in [-0.05, 0) is 25.1 Å². The number of rotatable bonds is 4. The van der Waals surface area contributed by atoms with Crippen molar-refractivity contribution in [2.45, 2.75) is 13.0 Å². The van der Waals surface area contributed by atoms with Gasteiger partial charge in [-0.1, -0.05) is 18.2 Å². The number of nitrogens with zero attached hydrogens (tertiary/aromatic N) is 1. The van der Waals surface area contributed by atoms with Crippen molar-refractivity contribution in [3.63, 3.8) is 0 Å². The summed E-state index contributed by atoms with van der Waals surface area (Å²) in [4.78, 5) is 0. The van der Waals surface area contributed by atoms with Crippen LogP contribution in [0.2, 0.25) is 0 Å². The van der Waals surface area contributed by atoms with E-state index in [1.165, 1.54) is 19.2 Å². The van der Waals surface area contributed by atoms with Gasteiger partial charge in [-0.3, -0.25) is 0 Å². The summed E-state index contributed by atoms with van der Waals surface area (Å²) >= 11 is 0. The van der Waals surface area contributed by atoms with Gasteiger partial charge in [0, 0.05) is 5.56 Å². The van der Waals surface area contributed by atoms with Gasteiger partial charge in [0.05, 0.1) is 24.4 Å². The summed E-state index contributed by atoms with van der Waals surface area (Å²) in [5, 5.41) is 12.2. The second-order valence-corrected chi connectivity index (χ2v) is 4.50. The third kappa shape index (κ3) is 2.95. The van der Waals surface area contributed by atoms with E-state index in [0.717, 1.165) is 6.07 Å². The minimum Gasteiger partial charge on any atom is -0.495 e. The Morgan fingerprint density at radius 2 is 1.90 bits per heavy atom. The minimum absolute atomic E-state index is 0.185. The molecule has 0 bridgehead atoms. The molecule has 0 aliphatic carbocycles. The molecule has 0 heterocycles. The zero-order valence-electron chi connectivity index (χ0n) is 11.7. The van der Waals surface area contributed by atoms with Gasteiger partial charge in [0.15, 0.2) is 11.6 Å². The Kier molecular flexibility index (Phi) is 4.39. The number of ether oxygens (including phenoxy) is 1. The Morgan fingerprint density at radius 3 is 2.57 bits per heavy atom. The minimum atomic E-state index is -0.901. The van der Waals surface area contributed by atoms with Crippen LogP contribution < -0.4 is 10.1 Å². The number of benzene rings is 2. The first-order valence-corrected chi connectivity index (χ1v) is 6.36. The Hall–Kier alpha value is -2.61. The molecule has 1 N–H and O–H groups in total. The second-order valence-electron chi connectivity index (χ2n) is 4.50. The molecule has 0 fully saturated rings. The van der Waals surface area contributed by atoms with Crippen molar-refractivity contribution < 1.29 is 13.5 Å². The highest BCUT2D eigenvalue weighted by Crippen LogP contribution is 2.32. The predicted molar refractivity (Wildman–Crippen MR) is 76.1 cm³/mol. The molecular weight excluding hydrogens is 274 g/mol. The van der Waals surface area contributed by atoms with Gasteiger partial charge >= 0.3 is 0 Å². The zero-order valence-corrected chi connectivity index (χ0v) is 11.7. The van der Waals surface area contributed by atoms with Gasteiger partial charge in [0.1, 0.15) is 11.8 Å². The van der Waals surface area contributed by atoms with Crippen molar-refractivity contribution in [3.05, 3.63) is 59.2 Å². The first-order chi connectivity index (χ1) is 10.1. The smallest absolute Gasteiger partial charge is 0.164 e. The molecule has 0 radical (unpaired) electrons. The quantitative estimate of drug-likeness (QED) is 0.924. The molecule has 0 spiro atoms. The van der Waals surface area contributed by atoms with E-state index in [-0.39, 0.29) is 5.56 Å². The van der Waals surface area contributed by atoms with Crippen LogP contribution >= 0.6 is 0 Å². The third-order valence-corrected chi connectivity index (χ3v) is 3.18. The molecule has 2 aromatic rings. The maximum Gasteiger partial charge on any atom is 0.164 e. The number of nitriles is 1. The molecular formula is C16H14F2N2O. The SMILES string of the molecule is COc1cccc(C#N)c1NC(C)c1cccc(F)c1F. The number of methoxy groups -OCH3 is 1. The van der Waals surface area contributed by atoms with Crippen LogP contribution in [0.25, 0.3) is 0 Å². The maximum atomic E-state index is 13.8. The molecule has 0 amide bonds. The lowest BCUT2D eigenvalue weighted by Gasteiger charge is -2.19. The fraction of sp³-hybridized carbons (Fsp3) is 0.188. The summed E-state index contributed by atoms with van der Waals surface area (Å²) in [7, 11) is 1.48. The Bertz CT molecular complexity index is 695. The summed E-state index contributed by atoms with van der Waals surface area (Å²) < 4.78 is 32.3. The van der Waals surface area contributed by atoms with Crippen LogP contribution in [-0.2, 0) is 0 Å². The van der Waals surface area contributed by atoms with E-state index in [4.69, 9.17) is 10.00 Å². The molecule has 0 saturated carbocycles. The number of para-hydroxylation sites is 1. The van der Waals surface area contributed by atoms with Gasteiger partial charge in [0.2, 0.25) is 0 Å². The van der Waals surface area contributed by atoms with Gasteiger partial charge in [0.25, 0.3) is 0 Å². The first kappa shape index (κ1) is 14.8. The van der Waals surface area contributed by atoms with Crippen molar-refractivity contribution in [2.24, 2.45) is 0 Å². The standard InChI is InChI=1S/C16H14F2N2O/c1-10(12-6-4-7-13(17)15(12)18)20-16-11(9-19)5-3-8-14(16)21-2/h3-8,10,20H,1-2H3. The molecule has 0 aliphatic heterocycles. The molecule has 0 aromatic heterocycles. The van der Waals surface area contributed by atoms with Crippen LogP contribution in [0.1, 0.15) is 24.1 Å². The van der Waals surface area contributed by atoms with Crippen LogP contribution in [0.3, 0.4) is 0 Å². The van der Waals surface area contributed by atoms with E-state index in [1.807, 2.05) is 6.07 Å². The highest BCUT2D eigenvalue weighted by Gasteiger charge is 2.17. The molecule has 2 aromatic carbocycles. The van der Waals surface area contributed by atoms with Crippen LogP contribution in [-0.4, -0.2) is 7.11 Å². The molecule has 0 saturated heterocycles. The third-order valence-electron chi connectivity index (χ3n) is 3.18. The summed E-state index contributed by atoms with van der Waals surface area (Å²) in [5.41, 5.74) is 1.02. The summed E-state index contributed by atoms with van der Waals surface area (Å²) in [6.07, 6.45) is 0. The molecule has 1 atom stereocenters. The van der Waals surface area contributed by atoms with Gasteiger partial charge in [-0.2, -0.15) is 5.26 Å². The number of hydrogen-bond donors (Lipinski definition) is 1. The highest BCUT2D eigenvalue weighted by molar-refractivity contribution is 5.67. The Morgan fingerprint density at radius 1 is 1.19 bits per heavy atom. The second kappa shape index (κ2) is 6.23. The summed E-state index contributed by atoms with van der Waals surface area (Å²) in [6.45, 7) is 1.69. The molecule has 0 aliphatic rings. The van der Waals surface area contributed by atoms with E-state index < -0.39 is 17.7 Å². The fourth-order valence-corrected chi connectivity index (χ4v) is 2.09. The van der Waals surface area contributed by atoms with Crippen LogP contribution in [0, 0.1) is 23.0 Å². The topological polar surface area (TPSA) is 45.0 Å². The fourth-order valence-electron chi connectivity index (χ4n) is 2.09. The van der Waals surface area contributed by atoms with Gasteiger partial charge in [-0.25, -0.2) is 8.78 Å². The molecule has 2 rings (SSSR count). The molecule has 21 heavy (non-hydrogen) atoms. The average Bonchev–Trinajstić information content (AvgIpc) is 2.50. The van der Waals surface area contributed by atoms with Crippen LogP contribution in [0.5, 0.6) is 5.75 Å². The Labute approximate surface area is 121 Å². The van der Waals surface area contributed by atoms with Gasteiger partial charge < -0.3 is 10.1 Å². The van der Waals surface area contributed by atoms with Crippen molar-refractivity contribution >= 4 is 5.69 Å². The largest absolute Gasteiger partial charge is 0.495 e.